The van der Waals surface area contributed by atoms with Crippen LogP contribution in [-0.2, 0) is 20.7 Å². The van der Waals surface area contributed by atoms with Crippen molar-refractivity contribution in [1.29, 1.82) is 0 Å². The first-order chi connectivity index (χ1) is 17.8. The molecule has 0 radical (unpaired) electrons. The summed E-state index contributed by atoms with van der Waals surface area (Å²) in [7, 11) is 1.34. The van der Waals surface area contributed by atoms with E-state index < -0.39 is 47.0 Å². The predicted octanol–water partition coefficient (Wildman–Crippen LogP) is 2.99. The van der Waals surface area contributed by atoms with Gasteiger partial charge in [-0.25, -0.2) is 4.79 Å². The van der Waals surface area contributed by atoms with Crippen LogP contribution in [0.25, 0.3) is 0 Å². The number of hydrogen-bond acceptors (Lipinski definition) is 8. The summed E-state index contributed by atoms with van der Waals surface area (Å²) < 4.78 is 10.1. The van der Waals surface area contributed by atoms with Gasteiger partial charge in [-0.05, 0) is 29.8 Å². The summed E-state index contributed by atoms with van der Waals surface area (Å²) in [6.07, 6.45) is -0.0310. The van der Waals surface area contributed by atoms with Crippen molar-refractivity contribution >= 4 is 35.1 Å². The molecule has 0 saturated carbocycles. The number of methoxy groups -OCH3 is 1. The number of nitrogens with zero attached hydrogens (tertiary/aromatic N) is 2. The lowest BCUT2D eigenvalue weighted by atomic mass is 10.0. The number of nitrogens with one attached hydrogen (secondary N) is 1. The molecular weight excluding hydrogens is 482 g/mol. The van der Waals surface area contributed by atoms with E-state index >= 15 is 0 Å². The van der Waals surface area contributed by atoms with Gasteiger partial charge < -0.3 is 14.8 Å². The van der Waals surface area contributed by atoms with Gasteiger partial charge in [-0.15, -0.1) is 0 Å². The smallest absolute Gasteiger partial charge is 0.330 e. The first-order valence-corrected chi connectivity index (χ1v) is 11.1. The number of fused-ring (bicyclic) bond motifs is 1. The van der Waals surface area contributed by atoms with Crippen molar-refractivity contribution in [3.8, 4) is 5.75 Å². The Bertz CT molecular complexity index is 1350. The van der Waals surface area contributed by atoms with Crippen LogP contribution in [0.1, 0.15) is 26.3 Å². The Morgan fingerprint density at radius 1 is 0.973 bits per heavy atom. The van der Waals surface area contributed by atoms with Crippen molar-refractivity contribution in [2.24, 2.45) is 0 Å². The fourth-order valence-corrected chi connectivity index (χ4v) is 3.92. The quantitative estimate of drug-likeness (QED) is 0.203. The second-order valence-electron chi connectivity index (χ2n) is 8.03. The number of carbonyl (C=O) groups is 4. The van der Waals surface area contributed by atoms with E-state index in [1.165, 1.54) is 31.4 Å². The number of ether oxygens (including phenoxy) is 2. The molecule has 4 rings (SSSR count). The average molecular weight is 503 g/mol. The van der Waals surface area contributed by atoms with Crippen LogP contribution in [0.15, 0.2) is 72.8 Å². The molecule has 1 heterocycles. The molecule has 3 aromatic rings. The van der Waals surface area contributed by atoms with Gasteiger partial charge in [0.15, 0.2) is 6.61 Å². The second-order valence-corrected chi connectivity index (χ2v) is 8.03. The van der Waals surface area contributed by atoms with Crippen LogP contribution in [-0.4, -0.2) is 53.3 Å². The molecule has 0 aromatic heterocycles. The molecule has 3 amide bonds. The van der Waals surface area contributed by atoms with Gasteiger partial charge in [0.1, 0.15) is 17.5 Å². The summed E-state index contributed by atoms with van der Waals surface area (Å²) in [5.74, 6) is -2.88. The summed E-state index contributed by atoms with van der Waals surface area (Å²) in [6, 6.07) is 17.5. The lowest BCUT2D eigenvalue weighted by molar-refractivity contribution is -0.384. The van der Waals surface area contributed by atoms with E-state index in [-0.39, 0.29) is 29.0 Å². The van der Waals surface area contributed by atoms with E-state index in [0.717, 1.165) is 11.0 Å². The van der Waals surface area contributed by atoms with Crippen LogP contribution in [0.2, 0.25) is 0 Å². The van der Waals surface area contributed by atoms with E-state index in [1.54, 1.807) is 42.5 Å². The highest BCUT2D eigenvalue weighted by Crippen LogP contribution is 2.29. The fraction of sp³-hybridized carbons (Fsp3) is 0.154. The van der Waals surface area contributed by atoms with E-state index in [2.05, 4.69) is 5.32 Å². The maximum Gasteiger partial charge on any atom is 0.330 e. The number of anilines is 1. The molecule has 3 aromatic carbocycles. The van der Waals surface area contributed by atoms with E-state index in [0.29, 0.717) is 5.56 Å². The zero-order valence-electron chi connectivity index (χ0n) is 19.6. The molecule has 0 saturated heterocycles. The van der Waals surface area contributed by atoms with Crippen LogP contribution in [0, 0.1) is 10.1 Å². The Balaban J connectivity index is 1.51. The van der Waals surface area contributed by atoms with Crippen LogP contribution in [0.3, 0.4) is 0 Å². The molecule has 0 unspecified atom stereocenters. The molecule has 11 nitrogen and oxygen atoms in total. The van der Waals surface area contributed by atoms with Crippen LogP contribution >= 0.6 is 0 Å². The summed E-state index contributed by atoms with van der Waals surface area (Å²) in [4.78, 5) is 63.1. The normalized spacial score (nSPS) is 13.1. The third-order valence-corrected chi connectivity index (χ3v) is 5.70. The van der Waals surface area contributed by atoms with Gasteiger partial charge in [-0.2, -0.15) is 0 Å². The minimum atomic E-state index is -1.34. The Kier molecular flexibility index (Phi) is 7.23. The zero-order valence-corrected chi connectivity index (χ0v) is 19.6. The summed E-state index contributed by atoms with van der Waals surface area (Å²) in [5.41, 5.74) is 0.477. The molecule has 188 valence electrons. The molecule has 1 atom stereocenters. The number of hydrogen-bond donors (Lipinski definition) is 1. The maximum atomic E-state index is 13.1. The molecule has 1 aliphatic rings. The summed E-state index contributed by atoms with van der Waals surface area (Å²) in [6.45, 7) is -0.795. The monoisotopic (exact) mass is 503 g/mol. The van der Waals surface area contributed by atoms with Gasteiger partial charge in [0, 0.05) is 6.42 Å². The standard InChI is InChI=1S/C26H21N3O8/c1-36-17-11-12-20(21(14-17)29(34)35)27-23(30)15-37-26(33)22(13-16-7-3-2-4-8-16)28-24(31)18-9-5-6-10-19(18)25(28)32/h2-12,14,22H,13,15H2,1H3,(H,27,30)/t22-/m0/s1. The highest BCUT2D eigenvalue weighted by molar-refractivity contribution is 6.22. The minimum absolute atomic E-state index is 0.0310. The minimum Gasteiger partial charge on any atom is -0.496 e. The molecular formula is C26H21N3O8. The van der Waals surface area contributed by atoms with Crippen LogP contribution in [0.5, 0.6) is 5.75 Å². The highest BCUT2D eigenvalue weighted by atomic mass is 16.6. The van der Waals surface area contributed by atoms with Crippen molar-refractivity contribution in [3.63, 3.8) is 0 Å². The Hall–Kier alpha value is -5.06. The molecule has 11 heteroatoms. The Morgan fingerprint density at radius 3 is 2.19 bits per heavy atom. The van der Waals surface area contributed by atoms with Gasteiger partial charge in [-0.3, -0.25) is 29.4 Å². The van der Waals surface area contributed by atoms with Crippen LogP contribution < -0.4 is 10.1 Å². The van der Waals surface area contributed by atoms with Gasteiger partial charge in [0.2, 0.25) is 0 Å². The van der Waals surface area contributed by atoms with Crippen molar-refractivity contribution in [3.05, 3.63) is 99.6 Å². The number of benzene rings is 3. The molecule has 1 N–H and O–H groups in total. The second kappa shape index (κ2) is 10.7. The predicted molar refractivity (Wildman–Crippen MR) is 130 cm³/mol. The molecule has 0 aliphatic carbocycles. The third kappa shape index (κ3) is 5.30. The molecule has 0 bridgehead atoms. The topological polar surface area (TPSA) is 145 Å². The number of nitro groups is 1. The number of esters is 1. The van der Waals surface area contributed by atoms with E-state index in [4.69, 9.17) is 9.47 Å². The number of rotatable bonds is 9. The number of carbonyl (C=O) groups excluding carboxylic acids is 4. The molecule has 37 heavy (non-hydrogen) atoms. The molecule has 0 spiro atoms. The van der Waals surface area contributed by atoms with Gasteiger partial charge in [0.05, 0.1) is 29.2 Å². The SMILES string of the molecule is COc1ccc(NC(=O)COC(=O)[C@H](Cc2ccccc2)N2C(=O)c3ccccc3C2=O)c([N+](=O)[O-])c1. The summed E-state index contributed by atoms with van der Waals surface area (Å²) in [5, 5.41) is 13.7. The Morgan fingerprint density at radius 2 is 1.59 bits per heavy atom. The Labute approximate surface area is 210 Å². The van der Waals surface area contributed by atoms with Crippen molar-refractivity contribution in [1.82, 2.24) is 4.90 Å². The van der Waals surface area contributed by atoms with Gasteiger partial charge in [-0.1, -0.05) is 42.5 Å². The lowest BCUT2D eigenvalue weighted by Gasteiger charge is -2.24. The zero-order chi connectivity index (χ0) is 26.5. The number of amides is 3. The van der Waals surface area contributed by atoms with E-state index in [9.17, 15) is 29.3 Å². The molecule has 1 aliphatic heterocycles. The first-order valence-electron chi connectivity index (χ1n) is 11.1. The summed E-state index contributed by atoms with van der Waals surface area (Å²) >= 11 is 0. The number of nitro benzene ring substituents is 1. The lowest BCUT2D eigenvalue weighted by Crippen LogP contribution is -2.47. The first kappa shape index (κ1) is 25.0. The maximum absolute atomic E-state index is 13.1. The average Bonchev–Trinajstić information content (AvgIpc) is 3.16. The van der Waals surface area contributed by atoms with E-state index in [1.807, 2.05) is 0 Å². The third-order valence-electron chi connectivity index (χ3n) is 5.70. The van der Waals surface area contributed by atoms with Crippen molar-refractivity contribution < 1.29 is 33.6 Å². The van der Waals surface area contributed by atoms with Crippen LogP contribution in [0.4, 0.5) is 11.4 Å². The number of imide groups is 1. The van der Waals surface area contributed by atoms with Gasteiger partial charge >= 0.3 is 5.97 Å². The molecule has 0 fully saturated rings. The van der Waals surface area contributed by atoms with Crippen molar-refractivity contribution in [2.45, 2.75) is 12.5 Å². The van der Waals surface area contributed by atoms with Crippen molar-refractivity contribution in [2.75, 3.05) is 19.0 Å². The van der Waals surface area contributed by atoms with Gasteiger partial charge in [0.25, 0.3) is 23.4 Å². The largest absolute Gasteiger partial charge is 0.496 e. The highest BCUT2D eigenvalue weighted by Gasteiger charge is 2.43. The fourth-order valence-electron chi connectivity index (χ4n) is 3.92.